The number of hydrogen-bond acceptors (Lipinski definition) is 7. The maximum Gasteiger partial charge on any atom is 0.379 e. The number of ether oxygens (including phenoxy) is 1. The fraction of sp³-hybridized carbons (Fsp3) is 0.556. The minimum Gasteiger partial charge on any atom is -0.447 e. The van der Waals surface area contributed by atoms with Crippen LogP contribution in [-0.4, -0.2) is 43.1 Å². The van der Waals surface area contributed by atoms with Gasteiger partial charge in [0.05, 0.1) is 6.07 Å². The van der Waals surface area contributed by atoms with Crippen LogP contribution in [0, 0.1) is 25.2 Å². The van der Waals surface area contributed by atoms with E-state index >= 15 is 0 Å². The molecule has 2 aromatic rings. The normalized spacial score (nSPS) is 17.1. The Bertz CT molecular complexity index is 923. The molecule has 1 amide bonds. The number of amides is 1. The molecule has 3 rings (SSSR count). The Morgan fingerprint density at radius 2 is 2.00 bits per heavy atom. The SMILES string of the molecule is Cc1cc(C)n2nc(C(=O)O[C@H](C)C(=O)NC3(C#N)CCCCC3)nc2n1. The lowest BCUT2D eigenvalue weighted by molar-refractivity contribution is -0.130. The lowest BCUT2D eigenvalue weighted by Gasteiger charge is -2.32. The van der Waals surface area contributed by atoms with E-state index in [0.717, 1.165) is 30.7 Å². The number of nitrogens with zero attached hydrogens (tertiary/aromatic N) is 5. The van der Waals surface area contributed by atoms with Crippen LogP contribution in [-0.2, 0) is 9.53 Å². The summed E-state index contributed by atoms with van der Waals surface area (Å²) in [6, 6.07) is 4.03. The number of esters is 1. The molecule has 0 bridgehead atoms. The second-order valence-electron chi connectivity index (χ2n) is 6.98. The number of rotatable bonds is 4. The van der Waals surface area contributed by atoms with E-state index in [1.165, 1.54) is 11.4 Å². The zero-order valence-electron chi connectivity index (χ0n) is 15.7. The van der Waals surface area contributed by atoms with Crippen molar-refractivity contribution in [1.82, 2.24) is 24.9 Å². The summed E-state index contributed by atoms with van der Waals surface area (Å²) in [5.41, 5.74) is 0.660. The quantitative estimate of drug-likeness (QED) is 0.811. The topological polar surface area (TPSA) is 122 Å². The molecular formula is C18H22N6O3. The van der Waals surface area contributed by atoms with E-state index in [0.29, 0.717) is 18.6 Å². The Morgan fingerprint density at radius 3 is 2.67 bits per heavy atom. The first-order valence-corrected chi connectivity index (χ1v) is 8.99. The molecule has 0 aliphatic heterocycles. The van der Waals surface area contributed by atoms with Crippen LogP contribution in [0.5, 0.6) is 0 Å². The van der Waals surface area contributed by atoms with Crippen LogP contribution in [0.15, 0.2) is 6.07 Å². The first kappa shape index (κ1) is 18.8. The Labute approximate surface area is 156 Å². The zero-order valence-corrected chi connectivity index (χ0v) is 15.7. The fourth-order valence-corrected chi connectivity index (χ4v) is 3.28. The third kappa shape index (κ3) is 3.89. The first-order valence-electron chi connectivity index (χ1n) is 8.99. The van der Waals surface area contributed by atoms with E-state index in [-0.39, 0.29) is 5.82 Å². The molecule has 2 aromatic heterocycles. The van der Waals surface area contributed by atoms with E-state index in [2.05, 4.69) is 26.5 Å². The zero-order chi connectivity index (χ0) is 19.6. The summed E-state index contributed by atoms with van der Waals surface area (Å²) in [6.07, 6.45) is 2.98. The van der Waals surface area contributed by atoms with E-state index < -0.39 is 23.5 Å². The van der Waals surface area contributed by atoms with Gasteiger partial charge in [0.25, 0.3) is 17.5 Å². The summed E-state index contributed by atoms with van der Waals surface area (Å²) in [6.45, 7) is 5.11. The van der Waals surface area contributed by atoms with Gasteiger partial charge in [-0.2, -0.15) is 10.2 Å². The molecule has 142 valence electrons. The van der Waals surface area contributed by atoms with Crippen molar-refractivity contribution in [3.05, 3.63) is 23.3 Å². The number of nitrogens with one attached hydrogen (secondary N) is 1. The lowest BCUT2D eigenvalue weighted by Crippen LogP contribution is -2.52. The van der Waals surface area contributed by atoms with Crippen molar-refractivity contribution in [3.8, 4) is 6.07 Å². The van der Waals surface area contributed by atoms with Gasteiger partial charge >= 0.3 is 5.97 Å². The van der Waals surface area contributed by atoms with Crippen LogP contribution >= 0.6 is 0 Å². The lowest BCUT2D eigenvalue weighted by atomic mass is 9.83. The summed E-state index contributed by atoms with van der Waals surface area (Å²) >= 11 is 0. The third-order valence-electron chi connectivity index (χ3n) is 4.74. The van der Waals surface area contributed by atoms with Gasteiger partial charge in [-0.1, -0.05) is 19.3 Å². The molecule has 0 spiro atoms. The summed E-state index contributed by atoms with van der Waals surface area (Å²) in [4.78, 5) is 33.0. The van der Waals surface area contributed by atoms with Crippen molar-refractivity contribution in [2.24, 2.45) is 0 Å². The van der Waals surface area contributed by atoms with Gasteiger partial charge in [-0.05, 0) is 39.7 Å². The van der Waals surface area contributed by atoms with Crippen LogP contribution in [0.2, 0.25) is 0 Å². The van der Waals surface area contributed by atoms with Gasteiger partial charge in [0.15, 0.2) is 6.10 Å². The van der Waals surface area contributed by atoms with E-state index in [1.54, 1.807) is 0 Å². The molecule has 9 heteroatoms. The van der Waals surface area contributed by atoms with Crippen molar-refractivity contribution < 1.29 is 14.3 Å². The number of fused-ring (bicyclic) bond motifs is 1. The molecule has 1 N–H and O–H groups in total. The largest absolute Gasteiger partial charge is 0.447 e. The molecule has 1 saturated carbocycles. The van der Waals surface area contributed by atoms with Gasteiger partial charge in [0.2, 0.25) is 0 Å². The highest BCUT2D eigenvalue weighted by Crippen LogP contribution is 2.27. The molecular weight excluding hydrogens is 348 g/mol. The minimum absolute atomic E-state index is 0.163. The number of carbonyl (C=O) groups excluding carboxylic acids is 2. The predicted molar refractivity (Wildman–Crippen MR) is 94.7 cm³/mol. The van der Waals surface area contributed by atoms with Gasteiger partial charge < -0.3 is 10.1 Å². The van der Waals surface area contributed by atoms with Crippen molar-refractivity contribution in [1.29, 1.82) is 5.26 Å². The highest BCUT2D eigenvalue weighted by Gasteiger charge is 2.35. The van der Waals surface area contributed by atoms with Crippen LogP contribution in [0.4, 0.5) is 0 Å². The average molecular weight is 370 g/mol. The molecule has 1 aliphatic carbocycles. The average Bonchev–Trinajstić information content (AvgIpc) is 3.07. The minimum atomic E-state index is -1.06. The summed E-state index contributed by atoms with van der Waals surface area (Å²) < 4.78 is 6.65. The van der Waals surface area contributed by atoms with Gasteiger partial charge in [-0.15, -0.1) is 5.10 Å². The Kier molecular flexibility index (Phi) is 5.08. The molecule has 1 fully saturated rings. The molecule has 1 atom stereocenters. The maximum absolute atomic E-state index is 12.4. The third-order valence-corrected chi connectivity index (χ3v) is 4.74. The van der Waals surface area contributed by atoms with Crippen molar-refractivity contribution in [2.45, 2.75) is 64.5 Å². The molecule has 1 aliphatic rings. The number of hydrogen-bond donors (Lipinski definition) is 1. The van der Waals surface area contributed by atoms with Crippen molar-refractivity contribution >= 4 is 17.7 Å². The molecule has 9 nitrogen and oxygen atoms in total. The molecule has 2 heterocycles. The van der Waals surface area contributed by atoms with E-state index in [9.17, 15) is 14.9 Å². The Balaban J connectivity index is 1.69. The number of aromatic nitrogens is 4. The van der Waals surface area contributed by atoms with Gasteiger partial charge in [0.1, 0.15) is 5.54 Å². The van der Waals surface area contributed by atoms with Gasteiger partial charge in [0, 0.05) is 11.4 Å². The fourth-order valence-electron chi connectivity index (χ4n) is 3.28. The summed E-state index contributed by atoms with van der Waals surface area (Å²) in [5.74, 6) is -1.18. The van der Waals surface area contributed by atoms with E-state index in [1.807, 2.05) is 19.9 Å². The molecule has 0 radical (unpaired) electrons. The van der Waals surface area contributed by atoms with Crippen LogP contribution in [0.1, 0.15) is 61.0 Å². The Morgan fingerprint density at radius 1 is 1.30 bits per heavy atom. The number of aryl methyl sites for hydroxylation is 2. The van der Waals surface area contributed by atoms with Crippen LogP contribution in [0.25, 0.3) is 5.78 Å². The Hall–Kier alpha value is -3.02. The van der Waals surface area contributed by atoms with Crippen molar-refractivity contribution in [2.75, 3.05) is 0 Å². The van der Waals surface area contributed by atoms with Gasteiger partial charge in [-0.25, -0.2) is 14.3 Å². The molecule has 0 aromatic carbocycles. The standard InChI is InChI=1S/C18H22N6O3/c1-11-9-12(2)24-17(20-11)21-14(23-24)16(26)27-13(3)15(25)22-18(10-19)7-5-4-6-8-18/h9,13H,4-8H2,1-3H3,(H,22,25)/t13-/m1/s1. The summed E-state index contributed by atoms with van der Waals surface area (Å²) in [7, 11) is 0. The predicted octanol–water partition coefficient (Wildman–Crippen LogP) is 1.63. The second-order valence-corrected chi connectivity index (χ2v) is 6.98. The molecule has 0 saturated heterocycles. The highest BCUT2D eigenvalue weighted by atomic mass is 16.5. The smallest absolute Gasteiger partial charge is 0.379 e. The monoisotopic (exact) mass is 370 g/mol. The van der Waals surface area contributed by atoms with E-state index in [4.69, 9.17) is 4.74 Å². The highest BCUT2D eigenvalue weighted by molar-refractivity contribution is 5.89. The maximum atomic E-state index is 12.4. The van der Waals surface area contributed by atoms with Crippen molar-refractivity contribution in [3.63, 3.8) is 0 Å². The van der Waals surface area contributed by atoms with Gasteiger partial charge in [-0.3, -0.25) is 4.79 Å². The number of nitriles is 1. The summed E-state index contributed by atoms with van der Waals surface area (Å²) in [5, 5.41) is 16.3. The first-order chi connectivity index (χ1) is 12.8. The number of carbonyl (C=O) groups is 2. The molecule has 0 unspecified atom stereocenters. The van der Waals surface area contributed by atoms with Crippen LogP contribution in [0.3, 0.4) is 0 Å². The van der Waals surface area contributed by atoms with Crippen LogP contribution < -0.4 is 5.32 Å². The second kappa shape index (κ2) is 7.31. The molecule has 27 heavy (non-hydrogen) atoms.